The molecule has 0 aliphatic heterocycles. The van der Waals surface area contributed by atoms with Gasteiger partial charge in [-0.1, -0.05) is 6.07 Å². The van der Waals surface area contributed by atoms with Crippen molar-refractivity contribution in [1.29, 1.82) is 0 Å². The van der Waals surface area contributed by atoms with Gasteiger partial charge in [0.05, 0.1) is 6.54 Å². The van der Waals surface area contributed by atoms with E-state index in [2.05, 4.69) is 19.7 Å². The Morgan fingerprint density at radius 3 is 2.44 bits per heavy atom. The second-order valence-electron chi connectivity index (χ2n) is 7.79. The van der Waals surface area contributed by atoms with Gasteiger partial charge in [0.2, 0.25) is 0 Å². The first kappa shape index (κ1) is 24.9. The molecule has 0 fully saturated rings. The van der Waals surface area contributed by atoms with Crippen LogP contribution in [0.25, 0.3) is 11.2 Å². The maximum atomic E-state index is 13.3. The van der Waals surface area contributed by atoms with Gasteiger partial charge in [0.25, 0.3) is 5.56 Å². The van der Waals surface area contributed by atoms with Crippen LogP contribution in [0.2, 0.25) is 0 Å². The van der Waals surface area contributed by atoms with Crippen LogP contribution in [-0.4, -0.2) is 46.7 Å². The van der Waals surface area contributed by atoms with E-state index in [1.807, 2.05) is 0 Å². The third-order valence-electron chi connectivity index (χ3n) is 5.16. The van der Waals surface area contributed by atoms with Crippen molar-refractivity contribution >= 4 is 11.2 Å². The van der Waals surface area contributed by atoms with Crippen molar-refractivity contribution in [3.05, 3.63) is 68.9 Å². The van der Waals surface area contributed by atoms with Crippen LogP contribution in [0.15, 0.2) is 46.2 Å². The summed E-state index contributed by atoms with van der Waals surface area (Å²) in [6.07, 6.45) is -1.63. The summed E-state index contributed by atoms with van der Waals surface area (Å²) < 4.78 is 51.2. The molecule has 0 saturated carbocycles. The molecule has 0 atom stereocenters. The number of aryl methyl sites for hydroxylation is 2. The van der Waals surface area contributed by atoms with Crippen molar-refractivity contribution in [2.24, 2.45) is 7.05 Å². The molecular formula is C22H21F3N6O5. The van der Waals surface area contributed by atoms with Crippen molar-refractivity contribution in [1.82, 2.24) is 28.7 Å². The van der Waals surface area contributed by atoms with E-state index >= 15 is 0 Å². The summed E-state index contributed by atoms with van der Waals surface area (Å²) in [7, 11) is 1.42. The zero-order valence-corrected chi connectivity index (χ0v) is 19.2. The average Bonchev–Trinajstić information content (AvgIpc) is 3.16. The normalized spacial score (nSPS) is 11.7. The van der Waals surface area contributed by atoms with Gasteiger partial charge in [0, 0.05) is 44.2 Å². The highest BCUT2D eigenvalue weighted by Crippen LogP contribution is 2.30. The molecule has 4 rings (SSSR count). The van der Waals surface area contributed by atoms with Crippen LogP contribution in [-0.2, 0) is 20.1 Å². The molecular weight excluding hydrogens is 485 g/mol. The minimum absolute atomic E-state index is 0.0102. The molecule has 1 aromatic carbocycles. The fourth-order valence-electron chi connectivity index (χ4n) is 3.53. The summed E-state index contributed by atoms with van der Waals surface area (Å²) in [6, 6.07) is 4.66. The number of ether oxygens (including phenoxy) is 2. The van der Waals surface area contributed by atoms with Crippen molar-refractivity contribution in [2.45, 2.75) is 32.8 Å². The van der Waals surface area contributed by atoms with Gasteiger partial charge in [-0.2, -0.15) is 4.98 Å². The minimum atomic E-state index is -4.89. The van der Waals surface area contributed by atoms with Gasteiger partial charge in [-0.25, -0.2) is 14.8 Å². The Balaban J connectivity index is 1.87. The number of nitrogens with zero attached hydrogens (tertiary/aromatic N) is 6. The van der Waals surface area contributed by atoms with Crippen LogP contribution in [0, 0.1) is 6.92 Å². The van der Waals surface area contributed by atoms with Crippen molar-refractivity contribution in [2.75, 3.05) is 6.61 Å². The predicted octanol–water partition coefficient (Wildman–Crippen LogP) is 2.12. The Morgan fingerprint density at radius 2 is 1.78 bits per heavy atom. The molecule has 14 heteroatoms. The summed E-state index contributed by atoms with van der Waals surface area (Å²) >= 11 is 0. The SMILES string of the molecule is Cc1ncc(Cn2c(Oc3cccc(OC(F)(F)F)c3)nc3c2c(=O)n(CCCO)c(=O)n3C)cn1. The Morgan fingerprint density at radius 1 is 1.08 bits per heavy atom. The largest absolute Gasteiger partial charge is 0.573 e. The van der Waals surface area contributed by atoms with E-state index in [1.54, 1.807) is 19.3 Å². The molecule has 3 aromatic heterocycles. The molecule has 0 spiro atoms. The van der Waals surface area contributed by atoms with Gasteiger partial charge >= 0.3 is 18.1 Å². The van der Waals surface area contributed by atoms with E-state index in [0.29, 0.717) is 11.4 Å². The Kier molecular flexibility index (Phi) is 6.79. The number of halogens is 3. The fourth-order valence-corrected chi connectivity index (χ4v) is 3.53. The summed E-state index contributed by atoms with van der Waals surface area (Å²) in [5.74, 6) is -0.0200. The fraction of sp³-hybridized carbons (Fsp3) is 0.318. The molecule has 1 N–H and O–H groups in total. The highest BCUT2D eigenvalue weighted by molar-refractivity contribution is 5.72. The maximum Gasteiger partial charge on any atom is 0.573 e. The van der Waals surface area contributed by atoms with Crippen LogP contribution in [0.5, 0.6) is 17.5 Å². The van der Waals surface area contributed by atoms with E-state index in [0.717, 1.165) is 21.3 Å². The molecule has 0 unspecified atom stereocenters. The molecule has 0 radical (unpaired) electrons. The van der Waals surface area contributed by atoms with E-state index in [-0.39, 0.29) is 49.0 Å². The number of aliphatic hydroxyl groups is 1. The number of alkyl halides is 3. The van der Waals surface area contributed by atoms with Crippen molar-refractivity contribution in [3.63, 3.8) is 0 Å². The first-order chi connectivity index (χ1) is 17.1. The van der Waals surface area contributed by atoms with Crippen LogP contribution >= 0.6 is 0 Å². The molecule has 36 heavy (non-hydrogen) atoms. The molecule has 4 aromatic rings. The topological polar surface area (TPSA) is 126 Å². The van der Waals surface area contributed by atoms with Gasteiger partial charge in [0.15, 0.2) is 11.2 Å². The van der Waals surface area contributed by atoms with Crippen LogP contribution in [0.4, 0.5) is 13.2 Å². The van der Waals surface area contributed by atoms with Crippen molar-refractivity contribution in [3.8, 4) is 17.5 Å². The molecule has 0 aliphatic carbocycles. The number of benzene rings is 1. The number of hydrogen-bond acceptors (Lipinski definition) is 8. The standard InChI is InChI=1S/C22H21F3N6O5/c1-13-26-10-14(11-27-13)12-31-17-18(29(2)21(34)30(19(17)33)7-4-8-32)28-20(31)35-15-5-3-6-16(9-15)36-22(23,24)25/h3,5-6,9-11,32H,4,7-8,12H2,1-2H3. The van der Waals surface area contributed by atoms with E-state index in [1.165, 1.54) is 23.7 Å². The Hall–Kier alpha value is -4.20. The second-order valence-corrected chi connectivity index (χ2v) is 7.79. The van der Waals surface area contributed by atoms with Crippen LogP contribution in [0.1, 0.15) is 17.8 Å². The third-order valence-corrected chi connectivity index (χ3v) is 5.16. The molecule has 190 valence electrons. The molecule has 0 amide bonds. The summed E-state index contributed by atoms with van der Waals surface area (Å²) in [6.45, 7) is 1.47. The highest BCUT2D eigenvalue weighted by Gasteiger charge is 2.31. The first-order valence-electron chi connectivity index (χ1n) is 10.7. The molecule has 0 saturated heterocycles. The van der Waals surface area contributed by atoms with Gasteiger partial charge in [0.1, 0.15) is 17.3 Å². The Bertz CT molecular complexity index is 1510. The number of aromatic nitrogens is 6. The van der Waals surface area contributed by atoms with Crippen molar-refractivity contribution < 1.29 is 27.8 Å². The van der Waals surface area contributed by atoms with E-state index < -0.39 is 23.4 Å². The summed E-state index contributed by atoms with van der Waals surface area (Å²) in [5, 5.41) is 9.17. The van der Waals surface area contributed by atoms with Gasteiger partial charge in [-0.3, -0.25) is 18.5 Å². The predicted molar refractivity (Wildman–Crippen MR) is 120 cm³/mol. The molecule has 3 heterocycles. The monoisotopic (exact) mass is 506 g/mol. The molecule has 0 aliphatic rings. The summed E-state index contributed by atoms with van der Waals surface area (Å²) in [4.78, 5) is 38.7. The minimum Gasteiger partial charge on any atom is -0.425 e. The lowest BCUT2D eigenvalue weighted by Crippen LogP contribution is -2.39. The van der Waals surface area contributed by atoms with E-state index in [4.69, 9.17) is 9.84 Å². The lowest BCUT2D eigenvalue weighted by Gasteiger charge is -2.12. The van der Waals surface area contributed by atoms with Crippen LogP contribution < -0.4 is 20.7 Å². The maximum absolute atomic E-state index is 13.3. The highest BCUT2D eigenvalue weighted by atomic mass is 19.4. The zero-order chi connectivity index (χ0) is 26.0. The van der Waals surface area contributed by atoms with Gasteiger partial charge in [-0.05, 0) is 25.5 Å². The lowest BCUT2D eigenvalue weighted by atomic mass is 10.3. The number of hydrogen-bond donors (Lipinski definition) is 1. The van der Waals surface area contributed by atoms with Gasteiger partial charge < -0.3 is 14.6 Å². The lowest BCUT2D eigenvalue weighted by molar-refractivity contribution is -0.274. The average molecular weight is 506 g/mol. The molecule has 0 bridgehead atoms. The van der Waals surface area contributed by atoms with E-state index in [9.17, 15) is 22.8 Å². The van der Waals surface area contributed by atoms with Gasteiger partial charge in [-0.15, -0.1) is 13.2 Å². The number of imidazole rings is 1. The number of fused-ring (bicyclic) bond motifs is 1. The smallest absolute Gasteiger partial charge is 0.425 e. The van der Waals surface area contributed by atoms with Crippen LogP contribution in [0.3, 0.4) is 0 Å². The summed E-state index contributed by atoms with van der Waals surface area (Å²) in [5.41, 5.74) is -0.694. The quantitative estimate of drug-likeness (QED) is 0.385. The Labute approximate surface area is 201 Å². The number of rotatable bonds is 8. The second kappa shape index (κ2) is 9.81. The number of aliphatic hydroxyl groups excluding tert-OH is 1. The molecule has 11 nitrogen and oxygen atoms in total. The third kappa shape index (κ3) is 5.22. The first-order valence-corrected chi connectivity index (χ1v) is 10.7. The zero-order valence-electron chi connectivity index (χ0n) is 19.2.